The molecular weight excluding hydrogens is 376 g/mol. The number of carbonyl (C=O) groups excluding carboxylic acids is 3. The second-order valence-electron chi connectivity index (χ2n) is 7.05. The summed E-state index contributed by atoms with van der Waals surface area (Å²) in [6.07, 6.45) is 0. The van der Waals surface area contributed by atoms with E-state index >= 15 is 0 Å². The van der Waals surface area contributed by atoms with Gasteiger partial charge >= 0.3 is 5.97 Å². The van der Waals surface area contributed by atoms with Gasteiger partial charge in [0.05, 0.1) is 31.2 Å². The van der Waals surface area contributed by atoms with E-state index in [1.165, 1.54) is 14.2 Å². The number of nitrogens with zero attached hydrogens (tertiary/aromatic N) is 2. The summed E-state index contributed by atoms with van der Waals surface area (Å²) in [5.74, 6) is -0.495. The summed E-state index contributed by atoms with van der Waals surface area (Å²) in [5, 5.41) is 0. The molecule has 8 heteroatoms. The third-order valence-electron chi connectivity index (χ3n) is 5.19. The van der Waals surface area contributed by atoms with Crippen LogP contribution in [-0.2, 0) is 14.3 Å². The number of ether oxygens (including phenoxy) is 3. The molecule has 0 atom stereocenters. The first-order valence-electron chi connectivity index (χ1n) is 9.39. The lowest BCUT2D eigenvalue weighted by atomic mass is 9.91. The molecule has 0 N–H and O–H groups in total. The minimum atomic E-state index is -0.684. The minimum absolute atomic E-state index is 0.138. The summed E-state index contributed by atoms with van der Waals surface area (Å²) in [6.45, 7) is 4.30. The van der Waals surface area contributed by atoms with E-state index in [0.717, 1.165) is 13.1 Å². The van der Waals surface area contributed by atoms with Gasteiger partial charge in [0.15, 0.2) is 0 Å². The van der Waals surface area contributed by atoms with E-state index in [-0.39, 0.29) is 29.3 Å². The third-order valence-corrected chi connectivity index (χ3v) is 5.19. The zero-order chi connectivity index (χ0) is 20.7. The Morgan fingerprint density at radius 3 is 2.00 bits per heavy atom. The standard InChI is InChI=1S/C21H22N2O6/c1-12-17(22-7-8-22)20(25)13(18(19(12)24)23-9-10-23)11-29-21(26)16-14(27-2)5-4-6-15(16)28-3/h4-6H,7-11H2,1-3H3. The van der Waals surface area contributed by atoms with Gasteiger partial charge in [-0.15, -0.1) is 0 Å². The SMILES string of the molecule is COc1cccc(OC)c1C(=O)OCC1=C(N2CC2)C(=O)C(C)=C(N2CC2)C1=O. The molecule has 1 aromatic carbocycles. The van der Waals surface area contributed by atoms with Gasteiger partial charge in [0.1, 0.15) is 23.7 Å². The Hall–Kier alpha value is -3.29. The van der Waals surface area contributed by atoms with E-state index in [2.05, 4.69) is 0 Å². The van der Waals surface area contributed by atoms with Crippen molar-refractivity contribution in [1.29, 1.82) is 0 Å². The van der Waals surface area contributed by atoms with Crippen LogP contribution < -0.4 is 9.47 Å². The number of ketones is 2. The molecule has 0 bridgehead atoms. The molecule has 4 rings (SSSR count). The Balaban J connectivity index is 1.62. The zero-order valence-electron chi connectivity index (χ0n) is 16.6. The smallest absolute Gasteiger partial charge is 0.346 e. The average Bonchev–Trinajstić information content (AvgIpc) is 3.62. The summed E-state index contributed by atoms with van der Waals surface area (Å²) >= 11 is 0. The van der Waals surface area contributed by atoms with Crippen LogP contribution in [0.1, 0.15) is 17.3 Å². The molecule has 3 aliphatic rings. The van der Waals surface area contributed by atoms with Gasteiger partial charge < -0.3 is 24.0 Å². The van der Waals surface area contributed by atoms with Crippen molar-refractivity contribution >= 4 is 17.5 Å². The van der Waals surface area contributed by atoms with E-state index in [1.807, 2.05) is 9.80 Å². The maximum atomic E-state index is 13.1. The van der Waals surface area contributed by atoms with E-state index in [4.69, 9.17) is 14.2 Å². The van der Waals surface area contributed by atoms with Crippen LogP contribution in [-0.4, -0.2) is 74.3 Å². The highest BCUT2D eigenvalue weighted by Gasteiger charge is 2.42. The Labute approximate surface area is 168 Å². The molecule has 2 heterocycles. The summed E-state index contributed by atoms with van der Waals surface area (Å²) in [6, 6.07) is 4.95. The topological polar surface area (TPSA) is 84.9 Å². The summed E-state index contributed by atoms with van der Waals surface area (Å²) in [5.41, 5.74) is 1.58. The van der Waals surface area contributed by atoms with Gasteiger partial charge in [-0.3, -0.25) is 9.59 Å². The van der Waals surface area contributed by atoms with Crippen molar-refractivity contribution in [1.82, 2.24) is 9.80 Å². The molecule has 2 aliphatic heterocycles. The number of esters is 1. The number of rotatable bonds is 7. The van der Waals surface area contributed by atoms with Crippen LogP contribution in [0.25, 0.3) is 0 Å². The fourth-order valence-corrected chi connectivity index (χ4v) is 3.50. The molecule has 8 nitrogen and oxygen atoms in total. The lowest BCUT2D eigenvalue weighted by molar-refractivity contribution is -0.118. The van der Waals surface area contributed by atoms with Crippen molar-refractivity contribution < 1.29 is 28.6 Å². The highest BCUT2D eigenvalue weighted by atomic mass is 16.5. The Kier molecular flexibility index (Phi) is 4.77. The van der Waals surface area contributed by atoms with Gasteiger partial charge in [0.2, 0.25) is 11.6 Å². The van der Waals surface area contributed by atoms with Gasteiger partial charge in [0.25, 0.3) is 0 Å². The van der Waals surface area contributed by atoms with Crippen LogP contribution in [0.5, 0.6) is 11.5 Å². The fourth-order valence-electron chi connectivity index (χ4n) is 3.50. The molecule has 0 spiro atoms. The van der Waals surface area contributed by atoms with E-state index < -0.39 is 5.97 Å². The first-order valence-corrected chi connectivity index (χ1v) is 9.39. The predicted octanol–water partition coefficient (Wildman–Crippen LogP) is 1.17. The molecule has 29 heavy (non-hydrogen) atoms. The first-order chi connectivity index (χ1) is 14.0. The first kappa shape index (κ1) is 19.0. The molecule has 0 saturated carbocycles. The Bertz CT molecular complexity index is 947. The van der Waals surface area contributed by atoms with Crippen LogP contribution in [0.4, 0.5) is 0 Å². The largest absolute Gasteiger partial charge is 0.496 e. The second kappa shape index (κ2) is 7.27. The van der Waals surface area contributed by atoms with Crippen molar-refractivity contribution in [2.75, 3.05) is 47.0 Å². The normalized spacial score (nSPS) is 18.3. The van der Waals surface area contributed by atoms with Crippen LogP contribution in [0, 0.1) is 0 Å². The van der Waals surface area contributed by atoms with E-state index in [0.29, 0.717) is 41.6 Å². The molecule has 0 radical (unpaired) electrons. The molecule has 1 aliphatic carbocycles. The minimum Gasteiger partial charge on any atom is -0.496 e. The van der Waals surface area contributed by atoms with Crippen LogP contribution in [0.15, 0.2) is 40.7 Å². The monoisotopic (exact) mass is 398 g/mol. The number of hydrogen-bond donors (Lipinski definition) is 0. The van der Waals surface area contributed by atoms with Crippen LogP contribution in [0.3, 0.4) is 0 Å². The zero-order valence-corrected chi connectivity index (χ0v) is 16.6. The molecular formula is C21H22N2O6. The lowest BCUT2D eigenvalue weighted by Crippen LogP contribution is -2.31. The maximum Gasteiger partial charge on any atom is 0.346 e. The van der Waals surface area contributed by atoms with Gasteiger partial charge in [-0.25, -0.2) is 4.79 Å². The number of hydrogen-bond acceptors (Lipinski definition) is 8. The molecule has 1 aromatic rings. The predicted molar refractivity (Wildman–Crippen MR) is 103 cm³/mol. The van der Waals surface area contributed by atoms with Crippen molar-refractivity contribution in [3.05, 3.63) is 46.3 Å². The highest BCUT2D eigenvalue weighted by Crippen LogP contribution is 2.34. The van der Waals surface area contributed by atoms with Crippen LogP contribution in [0.2, 0.25) is 0 Å². The quantitative estimate of drug-likeness (QED) is 0.385. The van der Waals surface area contributed by atoms with Gasteiger partial charge in [-0.1, -0.05) is 6.07 Å². The molecule has 2 fully saturated rings. The molecule has 0 unspecified atom stereocenters. The van der Waals surface area contributed by atoms with Gasteiger partial charge in [-0.05, 0) is 19.1 Å². The summed E-state index contributed by atoms with van der Waals surface area (Å²) < 4.78 is 16.0. The number of benzene rings is 1. The van der Waals surface area contributed by atoms with Crippen molar-refractivity contribution in [3.63, 3.8) is 0 Å². The summed E-state index contributed by atoms with van der Waals surface area (Å²) in [4.78, 5) is 42.5. The second-order valence-corrected chi connectivity index (χ2v) is 7.05. The van der Waals surface area contributed by atoms with Gasteiger partial charge in [0, 0.05) is 31.8 Å². The molecule has 2 saturated heterocycles. The Morgan fingerprint density at radius 1 is 0.931 bits per heavy atom. The number of allylic oxidation sites excluding steroid dienone is 2. The van der Waals surface area contributed by atoms with E-state index in [1.54, 1.807) is 25.1 Å². The highest BCUT2D eigenvalue weighted by molar-refractivity contribution is 6.25. The molecule has 152 valence electrons. The average molecular weight is 398 g/mol. The molecule has 0 aromatic heterocycles. The Morgan fingerprint density at radius 2 is 1.48 bits per heavy atom. The van der Waals surface area contributed by atoms with Gasteiger partial charge in [-0.2, -0.15) is 0 Å². The molecule has 0 amide bonds. The number of Topliss-reactive ketones (excluding diaryl/α,β-unsaturated/α-hetero) is 2. The maximum absolute atomic E-state index is 13.1. The third kappa shape index (κ3) is 3.35. The van der Waals surface area contributed by atoms with Crippen molar-refractivity contribution in [2.24, 2.45) is 0 Å². The van der Waals surface area contributed by atoms with Crippen molar-refractivity contribution in [3.8, 4) is 11.5 Å². The van der Waals surface area contributed by atoms with Crippen LogP contribution >= 0.6 is 0 Å². The fraction of sp³-hybridized carbons (Fsp3) is 0.381. The number of carbonyl (C=O) groups is 3. The number of methoxy groups -OCH3 is 2. The van der Waals surface area contributed by atoms with E-state index in [9.17, 15) is 14.4 Å². The van der Waals surface area contributed by atoms with Crippen molar-refractivity contribution in [2.45, 2.75) is 6.92 Å². The lowest BCUT2D eigenvalue weighted by Gasteiger charge is -2.24. The summed E-state index contributed by atoms with van der Waals surface area (Å²) in [7, 11) is 2.89.